The van der Waals surface area contributed by atoms with Crippen LogP contribution in [0, 0.1) is 22.7 Å². The highest BCUT2D eigenvalue weighted by Crippen LogP contribution is 2.67. The van der Waals surface area contributed by atoms with Crippen molar-refractivity contribution in [1.82, 2.24) is 0 Å². The Morgan fingerprint density at radius 1 is 0.630 bits per heavy atom. The third-order valence-corrected chi connectivity index (χ3v) is 8.49. The molecule has 0 unspecified atom stereocenters. The number of carbonyl (C=O) groups is 2. The van der Waals surface area contributed by atoms with E-state index in [2.05, 4.69) is 0 Å². The number of ether oxygens (including phenoxy) is 5. The van der Waals surface area contributed by atoms with Crippen LogP contribution in [0.3, 0.4) is 0 Å². The van der Waals surface area contributed by atoms with E-state index in [0.717, 1.165) is 25.7 Å². The van der Waals surface area contributed by atoms with Crippen molar-refractivity contribution in [3.63, 3.8) is 0 Å². The van der Waals surface area contributed by atoms with Crippen molar-refractivity contribution in [1.29, 1.82) is 0 Å². The van der Waals surface area contributed by atoms with Crippen molar-refractivity contribution in [2.24, 2.45) is 22.7 Å². The summed E-state index contributed by atoms with van der Waals surface area (Å²) in [5.41, 5.74) is -1.69. The monoisotopic (exact) mass is 378 g/mol. The van der Waals surface area contributed by atoms with Crippen LogP contribution in [0.25, 0.3) is 0 Å². The number of esters is 2. The van der Waals surface area contributed by atoms with E-state index in [1.807, 2.05) is 0 Å². The van der Waals surface area contributed by atoms with Crippen LogP contribution in [0.2, 0.25) is 0 Å². The zero-order valence-electron chi connectivity index (χ0n) is 15.5. The van der Waals surface area contributed by atoms with Crippen molar-refractivity contribution in [2.75, 3.05) is 26.4 Å². The molecule has 2 aliphatic heterocycles. The lowest BCUT2D eigenvalue weighted by molar-refractivity contribution is -0.242. The number of rotatable bonds is 2. The standard InChI is InChI=1S/C20H26O7/c21-15(17-5-1-13(2-6-17)19(17)23-9-10-24-19)27-16(22)18-7-3-14(4-8-18)20(18)25-11-12-26-20/h13-14H,1-12H2. The van der Waals surface area contributed by atoms with E-state index in [0.29, 0.717) is 52.1 Å². The van der Waals surface area contributed by atoms with E-state index in [1.54, 1.807) is 0 Å². The maximum atomic E-state index is 13.3. The summed E-state index contributed by atoms with van der Waals surface area (Å²) in [6.07, 6.45) is 6.18. The van der Waals surface area contributed by atoms with Gasteiger partial charge in [-0.05, 0) is 51.4 Å². The molecule has 2 heterocycles. The van der Waals surface area contributed by atoms with Crippen LogP contribution in [0.4, 0.5) is 0 Å². The van der Waals surface area contributed by atoms with Gasteiger partial charge < -0.3 is 23.7 Å². The maximum absolute atomic E-state index is 13.3. The summed E-state index contributed by atoms with van der Waals surface area (Å²) < 4.78 is 29.6. The van der Waals surface area contributed by atoms with Gasteiger partial charge in [0.15, 0.2) is 11.6 Å². The molecule has 27 heavy (non-hydrogen) atoms. The van der Waals surface area contributed by atoms with Crippen LogP contribution in [-0.2, 0) is 33.3 Å². The van der Waals surface area contributed by atoms with Crippen molar-refractivity contribution in [2.45, 2.75) is 62.9 Å². The molecule has 6 aliphatic rings. The zero-order valence-corrected chi connectivity index (χ0v) is 15.5. The molecule has 0 aromatic heterocycles. The Morgan fingerprint density at radius 3 is 1.30 bits per heavy atom. The highest BCUT2D eigenvalue weighted by atomic mass is 16.8. The Balaban J connectivity index is 1.29. The van der Waals surface area contributed by atoms with Gasteiger partial charge in [-0.3, -0.25) is 9.59 Å². The average Bonchev–Trinajstić information content (AvgIpc) is 3.53. The minimum absolute atomic E-state index is 0.219. The first kappa shape index (κ1) is 16.9. The van der Waals surface area contributed by atoms with Crippen LogP contribution < -0.4 is 0 Å². The van der Waals surface area contributed by atoms with Crippen LogP contribution in [0.5, 0.6) is 0 Å². The minimum Gasteiger partial charge on any atom is -0.392 e. The molecule has 7 nitrogen and oxygen atoms in total. The summed E-state index contributed by atoms with van der Waals surface area (Å²) in [5, 5.41) is 0. The van der Waals surface area contributed by atoms with E-state index in [1.165, 1.54) is 0 Å². The molecule has 6 rings (SSSR count). The smallest absolute Gasteiger partial charge is 0.325 e. The molecule has 2 spiro atoms. The van der Waals surface area contributed by atoms with Gasteiger partial charge in [-0.25, -0.2) is 0 Å². The van der Waals surface area contributed by atoms with Gasteiger partial charge in [0.25, 0.3) is 0 Å². The van der Waals surface area contributed by atoms with Gasteiger partial charge in [0.05, 0.1) is 26.4 Å². The van der Waals surface area contributed by atoms with Gasteiger partial charge in [-0.1, -0.05) is 0 Å². The van der Waals surface area contributed by atoms with Gasteiger partial charge in [-0.2, -0.15) is 0 Å². The van der Waals surface area contributed by atoms with Gasteiger partial charge in [0.1, 0.15) is 10.8 Å². The lowest BCUT2D eigenvalue weighted by Crippen LogP contribution is -2.54. The predicted molar refractivity (Wildman–Crippen MR) is 89.2 cm³/mol. The minimum atomic E-state index is -0.881. The molecule has 4 aliphatic carbocycles. The largest absolute Gasteiger partial charge is 0.392 e. The van der Waals surface area contributed by atoms with Gasteiger partial charge in [0, 0.05) is 11.8 Å². The lowest BCUT2D eigenvalue weighted by atomic mass is 9.80. The summed E-state index contributed by atoms with van der Waals surface area (Å²) in [6.45, 7) is 1.98. The molecule has 0 radical (unpaired) electrons. The summed E-state index contributed by atoms with van der Waals surface area (Å²) in [5.74, 6) is -2.26. The third kappa shape index (κ3) is 1.74. The molecule has 6 fully saturated rings. The molecular formula is C20H26O7. The summed E-state index contributed by atoms with van der Waals surface area (Å²) >= 11 is 0. The molecule has 0 N–H and O–H groups in total. The Bertz CT molecular complexity index is 614. The fraction of sp³-hybridized carbons (Fsp3) is 0.900. The van der Waals surface area contributed by atoms with E-state index in [-0.39, 0.29) is 11.8 Å². The summed E-state index contributed by atoms with van der Waals surface area (Å²) in [7, 11) is 0. The van der Waals surface area contributed by atoms with Crippen molar-refractivity contribution < 1.29 is 33.3 Å². The third-order valence-electron chi connectivity index (χ3n) is 8.49. The lowest BCUT2D eigenvalue weighted by Gasteiger charge is -2.39. The van der Waals surface area contributed by atoms with Gasteiger partial charge >= 0.3 is 11.9 Å². The fourth-order valence-corrected chi connectivity index (χ4v) is 7.31. The topological polar surface area (TPSA) is 80.3 Å². The van der Waals surface area contributed by atoms with Gasteiger partial charge in [-0.15, -0.1) is 0 Å². The van der Waals surface area contributed by atoms with Crippen LogP contribution in [0.15, 0.2) is 0 Å². The van der Waals surface area contributed by atoms with E-state index in [4.69, 9.17) is 23.7 Å². The molecule has 0 atom stereocenters. The van der Waals surface area contributed by atoms with Crippen molar-refractivity contribution >= 4 is 11.9 Å². The Kier molecular flexibility index (Phi) is 3.33. The molecule has 148 valence electrons. The quantitative estimate of drug-likeness (QED) is 0.536. The second kappa shape index (κ2) is 5.32. The Labute approximate surface area is 158 Å². The highest BCUT2D eigenvalue weighted by Gasteiger charge is 2.75. The Morgan fingerprint density at radius 2 is 0.963 bits per heavy atom. The first-order valence-corrected chi connectivity index (χ1v) is 10.4. The fourth-order valence-electron chi connectivity index (χ4n) is 7.31. The second-order valence-electron chi connectivity index (χ2n) is 9.12. The molecule has 7 heteroatoms. The SMILES string of the molecule is O=C(OC(=O)C12CCC(CC1)C21OCCO1)C12CCC(CC1)C21OCCO1. The first-order chi connectivity index (χ1) is 13.1. The predicted octanol–water partition coefficient (Wildman–Crippen LogP) is 1.92. The molecule has 4 saturated carbocycles. The highest BCUT2D eigenvalue weighted by molar-refractivity contribution is 5.93. The summed E-state index contributed by atoms with van der Waals surface area (Å²) in [6, 6.07) is 0. The van der Waals surface area contributed by atoms with E-state index < -0.39 is 34.3 Å². The van der Waals surface area contributed by atoms with Crippen molar-refractivity contribution in [3.8, 4) is 0 Å². The molecule has 4 bridgehead atoms. The molecule has 2 saturated heterocycles. The normalized spacial score (nSPS) is 45.3. The van der Waals surface area contributed by atoms with E-state index in [9.17, 15) is 9.59 Å². The molecular weight excluding hydrogens is 352 g/mol. The maximum Gasteiger partial charge on any atom is 0.325 e. The first-order valence-electron chi connectivity index (χ1n) is 10.4. The second-order valence-corrected chi connectivity index (χ2v) is 9.12. The number of carbonyl (C=O) groups excluding carboxylic acids is 2. The molecule has 0 amide bonds. The zero-order chi connectivity index (χ0) is 18.3. The van der Waals surface area contributed by atoms with Crippen LogP contribution >= 0.6 is 0 Å². The van der Waals surface area contributed by atoms with Crippen LogP contribution in [0.1, 0.15) is 51.4 Å². The van der Waals surface area contributed by atoms with Crippen molar-refractivity contribution in [3.05, 3.63) is 0 Å². The van der Waals surface area contributed by atoms with Crippen LogP contribution in [-0.4, -0.2) is 49.9 Å². The van der Waals surface area contributed by atoms with E-state index >= 15 is 0 Å². The average molecular weight is 378 g/mol. The van der Waals surface area contributed by atoms with Gasteiger partial charge in [0.2, 0.25) is 0 Å². The number of hydrogen-bond acceptors (Lipinski definition) is 7. The number of hydrogen-bond donors (Lipinski definition) is 0. The Hall–Kier alpha value is -1.02. The molecule has 0 aromatic carbocycles. The molecule has 0 aromatic rings. The summed E-state index contributed by atoms with van der Waals surface area (Å²) in [4.78, 5) is 26.7.